The summed E-state index contributed by atoms with van der Waals surface area (Å²) in [6, 6.07) is 2.91. The third-order valence-corrected chi connectivity index (χ3v) is 2.88. The molecular formula is C11H14ClFN2O2. The number of carboxylic acids is 1. The highest BCUT2D eigenvalue weighted by atomic mass is 35.5. The molecule has 2 heterocycles. The van der Waals surface area contributed by atoms with E-state index in [4.69, 9.17) is 5.11 Å². The highest BCUT2D eigenvalue weighted by molar-refractivity contribution is 5.85. The zero-order valence-corrected chi connectivity index (χ0v) is 9.97. The molecule has 17 heavy (non-hydrogen) atoms. The summed E-state index contributed by atoms with van der Waals surface area (Å²) in [5.41, 5.74) is 0.293. The van der Waals surface area contributed by atoms with E-state index in [0.717, 1.165) is 25.9 Å². The largest absolute Gasteiger partial charge is 0.477 e. The van der Waals surface area contributed by atoms with E-state index in [1.807, 2.05) is 0 Å². The normalized spacial score (nSPS) is 16.3. The first-order valence-electron chi connectivity index (χ1n) is 5.29. The topological polar surface area (TPSA) is 62.2 Å². The lowest BCUT2D eigenvalue weighted by molar-refractivity contribution is 0.0689. The average Bonchev–Trinajstić information content (AvgIpc) is 2.30. The number of aromatic nitrogens is 1. The Balaban J connectivity index is 0.00000144. The molecule has 1 saturated heterocycles. The number of hydrogen-bond donors (Lipinski definition) is 2. The zero-order chi connectivity index (χ0) is 11.5. The molecule has 1 aromatic rings. The molecule has 94 valence electrons. The van der Waals surface area contributed by atoms with Crippen LogP contribution in [0.25, 0.3) is 0 Å². The van der Waals surface area contributed by atoms with E-state index in [9.17, 15) is 9.18 Å². The number of aromatic carboxylic acids is 1. The number of halogens is 2. The third kappa shape index (κ3) is 3.14. The van der Waals surface area contributed by atoms with E-state index < -0.39 is 11.9 Å². The van der Waals surface area contributed by atoms with Crippen molar-refractivity contribution in [2.75, 3.05) is 13.1 Å². The van der Waals surface area contributed by atoms with Gasteiger partial charge in [-0.05, 0) is 37.9 Å². The maximum absolute atomic E-state index is 13.6. The van der Waals surface area contributed by atoms with Gasteiger partial charge in [0, 0.05) is 5.56 Å². The molecule has 0 radical (unpaired) electrons. The van der Waals surface area contributed by atoms with Gasteiger partial charge in [-0.1, -0.05) is 6.07 Å². The molecular weight excluding hydrogens is 247 g/mol. The lowest BCUT2D eigenvalue weighted by Gasteiger charge is -2.22. The van der Waals surface area contributed by atoms with Crippen molar-refractivity contribution in [1.82, 2.24) is 10.3 Å². The first kappa shape index (κ1) is 13.9. The highest BCUT2D eigenvalue weighted by Crippen LogP contribution is 2.26. The van der Waals surface area contributed by atoms with Gasteiger partial charge in [0.2, 0.25) is 5.95 Å². The number of hydrogen-bond acceptors (Lipinski definition) is 3. The SMILES string of the molecule is Cl.O=C(O)c1ccc(C2CCNCC2)c(F)n1. The van der Waals surface area contributed by atoms with Gasteiger partial charge in [0.25, 0.3) is 0 Å². The Labute approximate surface area is 105 Å². The van der Waals surface area contributed by atoms with Crippen molar-refractivity contribution in [2.24, 2.45) is 0 Å². The molecule has 2 N–H and O–H groups in total. The molecule has 4 nitrogen and oxygen atoms in total. The maximum atomic E-state index is 13.6. The molecule has 0 saturated carbocycles. The quantitative estimate of drug-likeness (QED) is 0.796. The second-order valence-electron chi connectivity index (χ2n) is 3.91. The fraction of sp³-hybridized carbons (Fsp3) is 0.455. The predicted octanol–water partition coefficient (Wildman–Crippen LogP) is 1.81. The second-order valence-corrected chi connectivity index (χ2v) is 3.91. The molecule has 0 amide bonds. The van der Waals surface area contributed by atoms with Gasteiger partial charge in [-0.25, -0.2) is 9.78 Å². The minimum atomic E-state index is -1.20. The van der Waals surface area contributed by atoms with Crippen LogP contribution in [0.1, 0.15) is 34.8 Å². The standard InChI is InChI=1S/C11H13FN2O2.ClH/c12-10-8(7-3-5-13-6-4-7)1-2-9(14-10)11(15)16;/h1-2,7,13H,3-6H2,(H,15,16);1H. The fourth-order valence-electron chi connectivity index (χ4n) is 2.00. The van der Waals surface area contributed by atoms with Crippen LogP contribution in [0.15, 0.2) is 12.1 Å². The number of pyridine rings is 1. The fourth-order valence-corrected chi connectivity index (χ4v) is 2.00. The van der Waals surface area contributed by atoms with Crippen LogP contribution in [0.5, 0.6) is 0 Å². The molecule has 0 aliphatic carbocycles. The van der Waals surface area contributed by atoms with Crippen LogP contribution >= 0.6 is 12.4 Å². The first-order chi connectivity index (χ1) is 7.68. The van der Waals surface area contributed by atoms with Gasteiger partial charge in [-0.2, -0.15) is 4.39 Å². The Bertz CT molecular complexity index is 408. The minimum absolute atomic E-state index is 0. The molecule has 0 aromatic carbocycles. The van der Waals surface area contributed by atoms with E-state index in [0.29, 0.717) is 5.56 Å². The van der Waals surface area contributed by atoms with Crippen molar-refractivity contribution < 1.29 is 14.3 Å². The van der Waals surface area contributed by atoms with Crippen molar-refractivity contribution in [1.29, 1.82) is 0 Å². The van der Waals surface area contributed by atoms with Crippen molar-refractivity contribution in [3.8, 4) is 0 Å². The Morgan fingerprint density at radius 2 is 2.06 bits per heavy atom. The van der Waals surface area contributed by atoms with E-state index >= 15 is 0 Å². The van der Waals surface area contributed by atoms with Crippen LogP contribution in [0.4, 0.5) is 4.39 Å². The summed E-state index contributed by atoms with van der Waals surface area (Å²) in [5, 5.41) is 11.9. The number of nitrogens with zero attached hydrogens (tertiary/aromatic N) is 1. The van der Waals surface area contributed by atoms with E-state index in [1.165, 1.54) is 6.07 Å². The van der Waals surface area contributed by atoms with E-state index in [-0.39, 0.29) is 24.0 Å². The summed E-state index contributed by atoms with van der Waals surface area (Å²) in [5.74, 6) is -1.70. The van der Waals surface area contributed by atoms with Crippen molar-refractivity contribution in [3.05, 3.63) is 29.3 Å². The van der Waals surface area contributed by atoms with Crippen molar-refractivity contribution in [3.63, 3.8) is 0 Å². The molecule has 1 aromatic heterocycles. The smallest absolute Gasteiger partial charge is 0.354 e. The first-order valence-corrected chi connectivity index (χ1v) is 5.29. The predicted molar refractivity (Wildman–Crippen MR) is 63.2 cm³/mol. The molecule has 1 aliphatic rings. The highest BCUT2D eigenvalue weighted by Gasteiger charge is 2.20. The Morgan fingerprint density at radius 1 is 1.41 bits per heavy atom. The molecule has 6 heteroatoms. The van der Waals surface area contributed by atoms with Gasteiger partial charge in [0.1, 0.15) is 0 Å². The Kier molecular flexibility index (Phi) is 4.84. The lowest BCUT2D eigenvalue weighted by Crippen LogP contribution is -2.27. The number of piperidine rings is 1. The summed E-state index contributed by atoms with van der Waals surface area (Å²) in [4.78, 5) is 14.1. The van der Waals surface area contributed by atoms with Crippen LogP contribution < -0.4 is 5.32 Å². The lowest BCUT2D eigenvalue weighted by atomic mass is 9.91. The maximum Gasteiger partial charge on any atom is 0.354 e. The van der Waals surface area contributed by atoms with Gasteiger partial charge >= 0.3 is 5.97 Å². The molecule has 0 bridgehead atoms. The summed E-state index contributed by atoms with van der Waals surface area (Å²) >= 11 is 0. The minimum Gasteiger partial charge on any atom is -0.477 e. The van der Waals surface area contributed by atoms with Gasteiger partial charge in [0.05, 0.1) is 0 Å². The van der Waals surface area contributed by atoms with Crippen LogP contribution in [-0.2, 0) is 0 Å². The number of rotatable bonds is 2. The summed E-state index contributed by atoms with van der Waals surface area (Å²) in [6.07, 6.45) is 1.73. The van der Waals surface area contributed by atoms with Gasteiger partial charge < -0.3 is 10.4 Å². The van der Waals surface area contributed by atoms with E-state index in [1.54, 1.807) is 6.07 Å². The third-order valence-electron chi connectivity index (χ3n) is 2.88. The van der Waals surface area contributed by atoms with Crippen LogP contribution in [0.3, 0.4) is 0 Å². The van der Waals surface area contributed by atoms with Gasteiger partial charge in [0.15, 0.2) is 5.69 Å². The molecule has 1 fully saturated rings. The average molecular weight is 261 g/mol. The summed E-state index contributed by atoms with van der Waals surface area (Å²) < 4.78 is 13.6. The molecule has 0 atom stereocenters. The van der Waals surface area contributed by atoms with Crippen LogP contribution in [-0.4, -0.2) is 29.1 Å². The molecule has 2 rings (SSSR count). The molecule has 1 aliphatic heterocycles. The van der Waals surface area contributed by atoms with Crippen LogP contribution in [0.2, 0.25) is 0 Å². The van der Waals surface area contributed by atoms with Gasteiger partial charge in [-0.3, -0.25) is 0 Å². The summed E-state index contributed by atoms with van der Waals surface area (Å²) in [7, 11) is 0. The van der Waals surface area contributed by atoms with E-state index in [2.05, 4.69) is 10.3 Å². The summed E-state index contributed by atoms with van der Waals surface area (Å²) in [6.45, 7) is 1.73. The zero-order valence-electron chi connectivity index (χ0n) is 9.15. The van der Waals surface area contributed by atoms with Crippen molar-refractivity contribution >= 4 is 18.4 Å². The Hall–Kier alpha value is -1.20. The van der Waals surface area contributed by atoms with Crippen molar-refractivity contribution in [2.45, 2.75) is 18.8 Å². The monoisotopic (exact) mass is 260 g/mol. The molecule has 0 unspecified atom stereocenters. The second kappa shape index (κ2) is 5.93. The van der Waals surface area contributed by atoms with Gasteiger partial charge in [-0.15, -0.1) is 12.4 Å². The number of carboxylic acid groups (broad SMARTS) is 1. The number of nitrogens with one attached hydrogen (secondary N) is 1. The van der Waals surface area contributed by atoms with Crippen LogP contribution in [0, 0.1) is 5.95 Å². The Morgan fingerprint density at radius 3 is 2.59 bits per heavy atom. The number of carbonyl (C=O) groups is 1. The molecule has 0 spiro atoms.